The topological polar surface area (TPSA) is 32.5 Å². The molecule has 106 valence electrons. The molecule has 0 amide bonds. The van der Waals surface area contributed by atoms with E-state index in [1.165, 1.54) is 24.3 Å². The molecule has 1 aromatic rings. The maximum absolute atomic E-state index is 5.58. The molecule has 0 radical (unpaired) electrons. The zero-order valence-corrected chi connectivity index (χ0v) is 12.3. The van der Waals surface area contributed by atoms with Crippen molar-refractivity contribution < 1.29 is 0 Å². The quantitative estimate of drug-likeness (QED) is 0.881. The third-order valence-corrected chi connectivity index (χ3v) is 3.99. The molecule has 0 bridgehead atoms. The summed E-state index contributed by atoms with van der Waals surface area (Å²) in [7, 11) is 0. The first-order valence-corrected chi connectivity index (χ1v) is 7.48. The molecule has 0 atom stereocenters. The van der Waals surface area contributed by atoms with Gasteiger partial charge in [-0.3, -0.25) is 4.90 Å². The number of aryl methyl sites for hydroxylation is 1. The van der Waals surface area contributed by atoms with Crippen molar-refractivity contribution >= 4 is 5.69 Å². The van der Waals surface area contributed by atoms with Crippen molar-refractivity contribution in [2.45, 2.75) is 32.7 Å². The predicted molar refractivity (Wildman–Crippen MR) is 82.7 cm³/mol. The van der Waals surface area contributed by atoms with Gasteiger partial charge in [-0.05, 0) is 50.9 Å². The largest absolute Gasteiger partial charge is 0.369 e. The molecule has 0 spiro atoms. The van der Waals surface area contributed by atoms with Gasteiger partial charge >= 0.3 is 0 Å². The van der Waals surface area contributed by atoms with E-state index in [4.69, 9.17) is 5.73 Å². The lowest BCUT2D eigenvalue weighted by atomic mass is 10.1. The highest BCUT2D eigenvalue weighted by molar-refractivity contribution is 5.49. The second kappa shape index (κ2) is 6.92. The molecule has 0 aliphatic carbocycles. The molecule has 3 heteroatoms. The normalized spacial score (nSPS) is 17.2. The maximum Gasteiger partial charge on any atom is 0.0369 e. The SMILES string of the molecule is CC(C)N1CCN(c2cccc(CCCN)c2)CC1. The first-order valence-electron chi connectivity index (χ1n) is 7.48. The van der Waals surface area contributed by atoms with Crippen molar-refractivity contribution in [2.24, 2.45) is 5.73 Å². The van der Waals surface area contributed by atoms with Crippen molar-refractivity contribution in [1.82, 2.24) is 4.90 Å². The average molecular weight is 261 g/mol. The summed E-state index contributed by atoms with van der Waals surface area (Å²) < 4.78 is 0. The molecule has 0 aromatic heterocycles. The van der Waals surface area contributed by atoms with E-state index in [1.807, 2.05) is 0 Å². The highest BCUT2D eigenvalue weighted by Gasteiger charge is 2.18. The molecule has 1 aliphatic heterocycles. The highest BCUT2D eigenvalue weighted by atomic mass is 15.3. The van der Waals surface area contributed by atoms with Crippen LogP contribution in [0, 0.1) is 0 Å². The summed E-state index contributed by atoms with van der Waals surface area (Å²) >= 11 is 0. The van der Waals surface area contributed by atoms with Crippen LogP contribution >= 0.6 is 0 Å². The van der Waals surface area contributed by atoms with E-state index in [1.54, 1.807) is 0 Å². The number of rotatable bonds is 5. The Bertz CT molecular complexity index is 381. The summed E-state index contributed by atoms with van der Waals surface area (Å²) in [6, 6.07) is 9.62. The Kier molecular flexibility index (Phi) is 5.23. The van der Waals surface area contributed by atoms with Gasteiger partial charge in [-0.2, -0.15) is 0 Å². The van der Waals surface area contributed by atoms with Crippen molar-refractivity contribution in [3.63, 3.8) is 0 Å². The third kappa shape index (κ3) is 3.95. The molecule has 0 saturated carbocycles. The molecular weight excluding hydrogens is 234 g/mol. The lowest BCUT2D eigenvalue weighted by molar-refractivity contribution is 0.209. The van der Waals surface area contributed by atoms with Crippen LogP contribution in [-0.4, -0.2) is 43.7 Å². The first-order chi connectivity index (χ1) is 9.20. The van der Waals surface area contributed by atoms with Gasteiger partial charge in [0.15, 0.2) is 0 Å². The van der Waals surface area contributed by atoms with Gasteiger partial charge in [0.2, 0.25) is 0 Å². The van der Waals surface area contributed by atoms with Crippen molar-refractivity contribution in [1.29, 1.82) is 0 Å². The molecular formula is C16H27N3. The van der Waals surface area contributed by atoms with Crippen molar-refractivity contribution in [3.05, 3.63) is 29.8 Å². The smallest absolute Gasteiger partial charge is 0.0369 e. The molecule has 2 rings (SSSR count). The molecule has 1 aliphatic rings. The van der Waals surface area contributed by atoms with Gasteiger partial charge in [0.05, 0.1) is 0 Å². The Morgan fingerprint density at radius 3 is 2.53 bits per heavy atom. The first kappa shape index (κ1) is 14.4. The average Bonchev–Trinajstić information content (AvgIpc) is 2.45. The lowest BCUT2D eigenvalue weighted by Crippen LogP contribution is -2.48. The van der Waals surface area contributed by atoms with Gasteiger partial charge in [-0.25, -0.2) is 0 Å². The number of hydrogen-bond donors (Lipinski definition) is 1. The van der Waals surface area contributed by atoms with Gasteiger partial charge in [0.1, 0.15) is 0 Å². The summed E-state index contributed by atoms with van der Waals surface area (Å²) in [6.45, 7) is 9.95. The number of nitrogens with two attached hydrogens (primary N) is 1. The maximum atomic E-state index is 5.58. The molecule has 1 aromatic carbocycles. The number of nitrogens with zero attached hydrogens (tertiary/aromatic N) is 2. The minimum Gasteiger partial charge on any atom is -0.369 e. The monoisotopic (exact) mass is 261 g/mol. The van der Waals surface area contributed by atoms with Gasteiger partial charge in [0, 0.05) is 37.9 Å². The van der Waals surface area contributed by atoms with Crippen molar-refractivity contribution in [2.75, 3.05) is 37.6 Å². The summed E-state index contributed by atoms with van der Waals surface area (Å²) in [5.74, 6) is 0. The molecule has 2 N–H and O–H groups in total. The Morgan fingerprint density at radius 1 is 1.16 bits per heavy atom. The Balaban J connectivity index is 1.95. The van der Waals surface area contributed by atoms with Gasteiger partial charge in [-0.15, -0.1) is 0 Å². The number of hydrogen-bond acceptors (Lipinski definition) is 3. The molecule has 0 unspecified atom stereocenters. The van der Waals surface area contributed by atoms with Crippen LogP contribution in [0.1, 0.15) is 25.8 Å². The van der Waals surface area contributed by atoms with Crippen LogP contribution in [0.2, 0.25) is 0 Å². The van der Waals surface area contributed by atoms with E-state index in [0.29, 0.717) is 6.04 Å². The molecule has 1 heterocycles. The van der Waals surface area contributed by atoms with Crippen LogP contribution in [0.25, 0.3) is 0 Å². The zero-order chi connectivity index (χ0) is 13.7. The van der Waals surface area contributed by atoms with E-state index in [2.05, 4.69) is 47.9 Å². The summed E-state index contributed by atoms with van der Waals surface area (Å²) in [4.78, 5) is 5.06. The van der Waals surface area contributed by atoms with E-state index in [9.17, 15) is 0 Å². The van der Waals surface area contributed by atoms with E-state index < -0.39 is 0 Å². The Labute approximate surface area is 117 Å². The van der Waals surface area contributed by atoms with Crippen LogP contribution < -0.4 is 10.6 Å². The minimum atomic E-state index is 0.665. The fourth-order valence-corrected chi connectivity index (χ4v) is 2.71. The summed E-state index contributed by atoms with van der Waals surface area (Å²) in [5.41, 5.74) is 8.37. The zero-order valence-electron chi connectivity index (χ0n) is 12.3. The minimum absolute atomic E-state index is 0.665. The predicted octanol–water partition coefficient (Wildman–Crippen LogP) is 2.11. The number of benzene rings is 1. The fraction of sp³-hybridized carbons (Fsp3) is 0.625. The van der Waals surface area contributed by atoms with E-state index in [0.717, 1.165) is 32.5 Å². The fourth-order valence-electron chi connectivity index (χ4n) is 2.71. The van der Waals surface area contributed by atoms with Crippen LogP contribution in [0.15, 0.2) is 24.3 Å². The second-order valence-electron chi connectivity index (χ2n) is 5.68. The van der Waals surface area contributed by atoms with Crippen LogP contribution in [0.4, 0.5) is 5.69 Å². The molecule has 3 nitrogen and oxygen atoms in total. The van der Waals surface area contributed by atoms with Crippen LogP contribution in [-0.2, 0) is 6.42 Å². The van der Waals surface area contributed by atoms with Gasteiger partial charge in [0.25, 0.3) is 0 Å². The molecule has 1 fully saturated rings. The van der Waals surface area contributed by atoms with Gasteiger partial charge in [-0.1, -0.05) is 12.1 Å². The number of anilines is 1. The lowest BCUT2D eigenvalue weighted by Gasteiger charge is -2.38. The van der Waals surface area contributed by atoms with E-state index in [-0.39, 0.29) is 0 Å². The molecule has 19 heavy (non-hydrogen) atoms. The Morgan fingerprint density at radius 2 is 1.89 bits per heavy atom. The van der Waals surface area contributed by atoms with Gasteiger partial charge < -0.3 is 10.6 Å². The van der Waals surface area contributed by atoms with E-state index >= 15 is 0 Å². The van der Waals surface area contributed by atoms with Crippen LogP contribution in [0.5, 0.6) is 0 Å². The summed E-state index contributed by atoms with van der Waals surface area (Å²) in [6.07, 6.45) is 2.17. The second-order valence-corrected chi connectivity index (χ2v) is 5.68. The summed E-state index contributed by atoms with van der Waals surface area (Å²) in [5, 5.41) is 0. The van der Waals surface area contributed by atoms with Crippen LogP contribution in [0.3, 0.4) is 0 Å². The standard InChI is InChI=1S/C16H27N3/c1-14(2)18-9-11-19(12-10-18)16-7-3-5-15(13-16)6-4-8-17/h3,5,7,13-14H,4,6,8-12,17H2,1-2H3. The highest BCUT2D eigenvalue weighted by Crippen LogP contribution is 2.19. The van der Waals surface area contributed by atoms with Crippen molar-refractivity contribution in [3.8, 4) is 0 Å². The Hall–Kier alpha value is -1.06. The number of piperazine rings is 1. The molecule has 1 saturated heterocycles. The third-order valence-electron chi connectivity index (χ3n) is 3.99.